The molecule has 124 valence electrons. The molecule has 0 N–H and O–H groups in total. The Morgan fingerprint density at radius 2 is 2.13 bits per heavy atom. The third kappa shape index (κ3) is 3.56. The van der Waals surface area contributed by atoms with Gasteiger partial charge in [0.05, 0.1) is 24.0 Å². The van der Waals surface area contributed by atoms with E-state index in [1.54, 1.807) is 12.1 Å². The maximum atomic E-state index is 12.2. The molecular formula is C15H17ClN2O3S2. The lowest BCUT2D eigenvalue weighted by molar-refractivity contribution is -0.117. The third-order valence-corrected chi connectivity index (χ3v) is 7.65. The van der Waals surface area contributed by atoms with Crippen molar-refractivity contribution in [2.75, 3.05) is 18.1 Å². The molecule has 0 saturated carbocycles. The molecule has 2 unspecified atom stereocenters. The van der Waals surface area contributed by atoms with Gasteiger partial charge in [-0.15, -0.1) is 0 Å². The van der Waals surface area contributed by atoms with Gasteiger partial charge in [-0.25, -0.2) is 8.42 Å². The Morgan fingerprint density at radius 1 is 1.39 bits per heavy atom. The lowest BCUT2D eigenvalue weighted by atomic mass is 10.1. The van der Waals surface area contributed by atoms with Crippen LogP contribution in [-0.2, 0) is 21.1 Å². The smallest absolute Gasteiger partial charge is 0.252 e. The number of hydrogen-bond acceptors (Lipinski definition) is 4. The van der Waals surface area contributed by atoms with Crippen LogP contribution in [0.2, 0.25) is 5.02 Å². The summed E-state index contributed by atoms with van der Waals surface area (Å²) in [7, 11) is -2.97. The maximum absolute atomic E-state index is 12.2. The summed E-state index contributed by atoms with van der Waals surface area (Å²) < 4.78 is 23.5. The first kappa shape index (κ1) is 16.8. The lowest BCUT2D eigenvalue weighted by Gasteiger charge is -2.22. The molecule has 0 aromatic heterocycles. The summed E-state index contributed by atoms with van der Waals surface area (Å²) in [5, 5.41) is 1.16. The second kappa shape index (κ2) is 6.45. The fraction of sp³-hybridized carbons (Fsp3) is 0.467. The van der Waals surface area contributed by atoms with E-state index in [0.717, 1.165) is 5.56 Å². The van der Waals surface area contributed by atoms with Crippen LogP contribution < -0.4 is 0 Å². The lowest BCUT2D eigenvalue weighted by Crippen LogP contribution is -2.37. The number of nitrogens with zero attached hydrogens (tertiary/aromatic N) is 2. The van der Waals surface area contributed by atoms with Crippen molar-refractivity contribution < 1.29 is 13.2 Å². The van der Waals surface area contributed by atoms with Crippen molar-refractivity contribution in [3.63, 3.8) is 0 Å². The van der Waals surface area contributed by atoms with Gasteiger partial charge in [-0.2, -0.15) is 4.99 Å². The first-order valence-electron chi connectivity index (χ1n) is 7.38. The Kier molecular flexibility index (Phi) is 4.71. The Morgan fingerprint density at radius 3 is 2.83 bits per heavy atom. The molecule has 2 fully saturated rings. The van der Waals surface area contributed by atoms with E-state index in [1.165, 1.54) is 11.8 Å². The van der Waals surface area contributed by atoms with Gasteiger partial charge in [0.1, 0.15) is 0 Å². The van der Waals surface area contributed by atoms with Crippen LogP contribution in [0.5, 0.6) is 0 Å². The van der Waals surface area contributed by atoms with Crippen molar-refractivity contribution in [3.05, 3.63) is 34.9 Å². The summed E-state index contributed by atoms with van der Waals surface area (Å²) in [4.78, 5) is 18.4. The summed E-state index contributed by atoms with van der Waals surface area (Å²) in [5.41, 5.74) is 0.748. The van der Waals surface area contributed by atoms with E-state index in [1.807, 2.05) is 24.0 Å². The molecule has 2 heterocycles. The highest BCUT2D eigenvalue weighted by molar-refractivity contribution is 8.15. The van der Waals surface area contributed by atoms with Crippen LogP contribution in [0.3, 0.4) is 0 Å². The monoisotopic (exact) mass is 372 g/mol. The standard InChI is InChI=1S/C15H17ClN2O3S2/c1-2-18-12-8-23(20,21)9-13(12)22-15(18)17-14(19)7-10-5-3-4-6-11(10)16/h3-6,12-13H,2,7-9H2,1H3. The number of aliphatic imine (C=N–C) groups is 1. The Balaban J connectivity index is 1.75. The number of halogens is 1. The molecule has 2 aliphatic rings. The van der Waals surface area contributed by atoms with Crippen LogP contribution in [0, 0.1) is 0 Å². The van der Waals surface area contributed by atoms with Crippen LogP contribution in [-0.4, -0.2) is 53.7 Å². The summed E-state index contributed by atoms with van der Waals surface area (Å²) in [5.74, 6) is 0.0501. The second-order valence-electron chi connectivity index (χ2n) is 5.64. The average molecular weight is 373 g/mol. The zero-order valence-corrected chi connectivity index (χ0v) is 15.0. The Hall–Kier alpha value is -1.05. The number of rotatable bonds is 3. The number of fused-ring (bicyclic) bond motifs is 1. The van der Waals surface area contributed by atoms with E-state index in [2.05, 4.69) is 4.99 Å². The zero-order valence-electron chi connectivity index (χ0n) is 12.6. The molecule has 8 heteroatoms. The van der Waals surface area contributed by atoms with E-state index < -0.39 is 9.84 Å². The SMILES string of the molecule is CCN1C(=NC(=O)Cc2ccccc2Cl)SC2CS(=O)(=O)CC21. The number of thioether (sulfide) groups is 1. The van der Waals surface area contributed by atoms with Crippen molar-refractivity contribution >= 4 is 44.3 Å². The summed E-state index contributed by atoms with van der Waals surface area (Å²) in [6.07, 6.45) is 0.148. The van der Waals surface area contributed by atoms with Crippen LogP contribution in [0.4, 0.5) is 0 Å². The van der Waals surface area contributed by atoms with Crippen molar-refractivity contribution in [3.8, 4) is 0 Å². The summed E-state index contributed by atoms with van der Waals surface area (Å²) in [6.45, 7) is 2.59. The molecule has 5 nitrogen and oxygen atoms in total. The molecule has 1 amide bonds. The third-order valence-electron chi connectivity index (χ3n) is 4.04. The molecule has 23 heavy (non-hydrogen) atoms. The van der Waals surface area contributed by atoms with E-state index in [9.17, 15) is 13.2 Å². The zero-order chi connectivity index (χ0) is 16.6. The number of amides is 1. The predicted octanol–water partition coefficient (Wildman–Crippen LogP) is 2.00. The van der Waals surface area contributed by atoms with Gasteiger partial charge in [-0.1, -0.05) is 41.6 Å². The first-order valence-corrected chi connectivity index (χ1v) is 10.5. The fourth-order valence-corrected chi connectivity index (χ4v) is 7.19. The van der Waals surface area contributed by atoms with Gasteiger partial charge in [-0.3, -0.25) is 4.79 Å². The summed E-state index contributed by atoms with van der Waals surface area (Å²) >= 11 is 7.47. The van der Waals surface area contributed by atoms with Gasteiger partial charge < -0.3 is 4.90 Å². The van der Waals surface area contributed by atoms with Gasteiger partial charge in [0.25, 0.3) is 5.91 Å². The number of amidine groups is 1. The van der Waals surface area contributed by atoms with Crippen LogP contribution >= 0.6 is 23.4 Å². The van der Waals surface area contributed by atoms with Crippen LogP contribution in [0.15, 0.2) is 29.3 Å². The predicted molar refractivity (Wildman–Crippen MR) is 93.8 cm³/mol. The maximum Gasteiger partial charge on any atom is 0.252 e. The molecule has 0 radical (unpaired) electrons. The van der Waals surface area contributed by atoms with Crippen LogP contribution in [0.25, 0.3) is 0 Å². The molecule has 2 aliphatic heterocycles. The van der Waals surface area contributed by atoms with Crippen LogP contribution in [0.1, 0.15) is 12.5 Å². The molecular weight excluding hydrogens is 356 g/mol. The minimum absolute atomic E-state index is 0.0215. The van der Waals surface area contributed by atoms with E-state index in [0.29, 0.717) is 16.7 Å². The van der Waals surface area contributed by atoms with Crippen molar-refractivity contribution in [2.45, 2.75) is 24.6 Å². The highest BCUT2D eigenvalue weighted by atomic mass is 35.5. The normalized spacial score (nSPS) is 27.4. The van der Waals surface area contributed by atoms with Gasteiger partial charge in [0.2, 0.25) is 0 Å². The number of sulfone groups is 1. The van der Waals surface area contributed by atoms with E-state index in [4.69, 9.17) is 11.6 Å². The van der Waals surface area contributed by atoms with Crippen molar-refractivity contribution in [1.82, 2.24) is 4.90 Å². The highest BCUT2D eigenvalue weighted by Gasteiger charge is 2.48. The summed E-state index contributed by atoms with van der Waals surface area (Å²) in [6, 6.07) is 7.13. The first-order chi connectivity index (χ1) is 10.9. The molecule has 0 spiro atoms. The number of benzene rings is 1. The minimum Gasteiger partial charge on any atom is -0.346 e. The molecule has 2 saturated heterocycles. The topological polar surface area (TPSA) is 66.8 Å². The van der Waals surface area contributed by atoms with Gasteiger partial charge in [-0.05, 0) is 18.6 Å². The van der Waals surface area contributed by atoms with E-state index >= 15 is 0 Å². The minimum atomic E-state index is -2.97. The van der Waals surface area contributed by atoms with Gasteiger partial charge >= 0.3 is 0 Å². The largest absolute Gasteiger partial charge is 0.346 e. The van der Waals surface area contributed by atoms with Crippen molar-refractivity contribution in [2.24, 2.45) is 4.99 Å². The molecule has 0 bridgehead atoms. The quantitative estimate of drug-likeness (QED) is 0.811. The molecule has 1 aromatic rings. The number of hydrogen-bond donors (Lipinski definition) is 0. The van der Waals surface area contributed by atoms with Gasteiger partial charge in [0, 0.05) is 16.8 Å². The Labute approximate surface area is 145 Å². The van der Waals surface area contributed by atoms with Gasteiger partial charge in [0.15, 0.2) is 15.0 Å². The van der Waals surface area contributed by atoms with Crippen molar-refractivity contribution in [1.29, 1.82) is 0 Å². The Bertz CT molecular complexity index is 764. The fourth-order valence-electron chi connectivity index (χ4n) is 2.96. The molecule has 0 aliphatic carbocycles. The number of carbonyl (C=O) groups is 1. The second-order valence-corrected chi connectivity index (χ2v) is 9.41. The highest BCUT2D eigenvalue weighted by Crippen LogP contribution is 2.37. The molecule has 3 rings (SSSR count). The average Bonchev–Trinajstić information content (AvgIpc) is 2.92. The molecule has 1 aromatic carbocycles. The molecule has 2 atom stereocenters. The van der Waals surface area contributed by atoms with E-state index in [-0.39, 0.29) is 35.1 Å². The number of carbonyl (C=O) groups excluding carboxylic acids is 1.